The summed E-state index contributed by atoms with van der Waals surface area (Å²) in [7, 11) is 0. The van der Waals surface area contributed by atoms with Gasteiger partial charge in [0.1, 0.15) is 5.01 Å². The number of nitrogens with zero attached hydrogens (tertiary/aromatic N) is 1. The first-order valence-electron chi connectivity index (χ1n) is 4.95. The molecule has 1 heterocycles. The van der Waals surface area contributed by atoms with Crippen LogP contribution in [0.5, 0.6) is 0 Å². The fourth-order valence-corrected chi connectivity index (χ4v) is 2.01. The zero-order chi connectivity index (χ0) is 10.6. The van der Waals surface area contributed by atoms with Crippen molar-refractivity contribution in [1.29, 1.82) is 0 Å². The molecule has 0 aliphatic carbocycles. The molecule has 0 aliphatic heterocycles. The van der Waals surface area contributed by atoms with Crippen molar-refractivity contribution in [2.75, 3.05) is 6.54 Å². The standard InChI is InChI=1S/C10H18N2OS/c1-4-9(13)5-11-6-10-12-7(2)8(3)14-10/h9,11,13H,4-6H2,1-3H3. The number of thiazole rings is 1. The molecular formula is C10H18N2OS. The number of aliphatic hydroxyl groups excluding tert-OH is 1. The second kappa shape index (κ2) is 5.44. The summed E-state index contributed by atoms with van der Waals surface area (Å²) in [5.41, 5.74) is 1.11. The van der Waals surface area contributed by atoms with E-state index >= 15 is 0 Å². The SMILES string of the molecule is CCC(O)CNCc1nc(C)c(C)s1. The van der Waals surface area contributed by atoms with Crippen LogP contribution in [0.3, 0.4) is 0 Å². The molecule has 0 amide bonds. The molecule has 3 nitrogen and oxygen atoms in total. The van der Waals surface area contributed by atoms with Gasteiger partial charge in [-0.3, -0.25) is 0 Å². The van der Waals surface area contributed by atoms with Crippen molar-refractivity contribution in [3.8, 4) is 0 Å². The summed E-state index contributed by atoms with van der Waals surface area (Å²) >= 11 is 1.72. The van der Waals surface area contributed by atoms with Gasteiger partial charge < -0.3 is 10.4 Å². The number of hydrogen-bond acceptors (Lipinski definition) is 4. The molecule has 0 fully saturated rings. The summed E-state index contributed by atoms with van der Waals surface area (Å²) in [4.78, 5) is 5.68. The van der Waals surface area contributed by atoms with E-state index in [0.29, 0.717) is 6.54 Å². The molecule has 4 heteroatoms. The Morgan fingerprint density at radius 3 is 2.71 bits per heavy atom. The highest BCUT2D eigenvalue weighted by Gasteiger charge is 2.04. The molecule has 1 rings (SSSR count). The van der Waals surface area contributed by atoms with E-state index < -0.39 is 0 Å². The molecule has 1 aromatic heterocycles. The molecule has 0 aromatic carbocycles. The molecule has 1 unspecified atom stereocenters. The number of aliphatic hydroxyl groups is 1. The van der Waals surface area contributed by atoms with Crippen LogP contribution in [0.4, 0.5) is 0 Å². The van der Waals surface area contributed by atoms with Gasteiger partial charge in [-0.05, 0) is 20.3 Å². The van der Waals surface area contributed by atoms with E-state index in [1.54, 1.807) is 11.3 Å². The van der Waals surface area contributed by atoms with Crippen molar-refractivity contribution < 1.29 is 5.11 Å². The zero-order valence-corrected chi connectivity index (χ0v) is 9.82. The quantitative estimate of drug-likeness (QED) is 0.783. The molecule has 14 heavy (non-hydrogen) atoms. The predicted molar refractivity (Wildman–Crippen MR) is 59.6 cm³/mol. The largest absolute Gasteiger partial charge is 0.392 e. The highest BCUT2D eigenvalue weighted by Crippen LogP contribution is 2.15. The zero-order valence-electron chi connectivity index (χ0n) is 9.00. The van der Waals surface area contributed by atoms with Crippen LogP contribution in [-0.4, -0.2) is 22.7 Å². The van der Waals surface area contributed by atoms with Gasteiger partial charge in [-0.15, -0.1) is 11.3 Å². The normalized spacial score (nSPS) is 13.1. The van der Waals surface area contributed by atoms with Crippen LogP contribution in [0.2, 0.25) is 0 Å². The number of nitrogens with one attached hydrogen (secondary N) is 1. The number of aromatic nitrogens is 1. The lowest BCUT2D eigenvalue weighted by Gasteiger charge is -2.07. The van der Waals surface area contributed by atoms with E-state index in [4.69, 9.17) is 0 Å². The van der Waals surface area contributed by atoms with Gasteiger partial charge in [-0.25, -0.2) is 4.98 Å². The lowest BCUT2D eigenvalue weighted by molar-refractivity contribution is 0.167. The Morgan fingerprint density at radius 1 is 1.50 bits per heavy atom. The Morgan fingerprint density at radius 2 is 2.21 bits per heavy atom. The third-order valence-corrected chi connectivity index (χ3v) is 3.27. The van der Waals surface area contributed by atoms with Crippen molar-refractivity contribution in [2.24, 2.45) is 0 Å². The lowest BCUT2D eigenvalue weighted by Crippen LogP contribution is -2.25. The van der Waals surface area contributed by atoms with Crippen molar-refractivity contribution in [2.45, 2.75) is 39.8 Å². The van der Waals surface area contributed by atoms with Gasteiger partial charge in [0.25, 0.3) is 0 Å². The van der Waals surface area contributed by atoms with E-state index in [2.05, 4.69) is 17.2 Å². The molecular weight excluding hydrogens is 196 g/mol. The minimum atomic E-state index is -0.239. The number of rotatable bonds is 5. The maximum absolute atomic E-state index is 9.32. The average molecular weight is 214 g/mol. The average Bonchev–Trinajstić information content (AvgIpc) is 2.46. The summed E-state index contributed by atoms with van der Waals surface area (Å²) in [6.45, 7) is 7.49. The Bertz CT molecular complexity index is 266. The van der Waals surface area contributed by atoms with Gasteiger partial charge in [0.05, 0.1) is 11.8 Å². The van der Waals surface area contributed by atoms with Crippen LogP contribution in [0.15, 0.2) is 0 Å². The van der Waals surface area contributed by atoms with Gasteiger partial charge >= 0.3 is 0 Å². The molecule has 1 aromatic rings. The van der Waals surface area contributed by atoms with Crippen LogP contribution >= 0.6 is 11.3 Å². The maximum atomic E-state index is 9.32. The highest BCUT2D eigenvalue weighted by atomic mass is 32.1. The second-order valence-electron chi connectivity index (χ2n) is 3.44. The van der Waals surface area contributed by atoms with Gasteiger partial charge in [0.2, 0.25) is 0 Å². The first kappa shape index (κ1) is 11.6. The predicted octanol–water partition coefficient (Wildman–Crippen LogP) is 1.62. The molecule has 80 valence electrons. The molecule has 0 saturated carbocycles. The fourth-order valence-electron chi connectivity index (χ4n) is 1.10. The van der Waals surface area contributed by atoms with Gasteiger partial charge in [-0.2, -0.15) is 0 Å². The lowest BCUT2D eigenvalue weighted by atomic mass is 10.3. The van der Waals surface area contributed by atoms with Crippen molar-refractivity contribution in [3.05, 3.63) is 15.6 Å². The van der Waals surface area contributed by atoms with E-state index in [1.165, 1.54) is 4.88 Å². The van der Waals surface area contributed by atoms with Crippen LogP contribution in [0.25, 0.3) is 0 Å². The molecule has 0 aliphatic rings. The molecule has 0 bridgehead atoms. The Kier molecular flexibility index (Phi) is 4.51. The van der Waals surface area contributed by atoms with Crippen LogP contribution in [0.1, 0.15) is 28.9 Å². The van der Waals surface area contributed by atoms with Crippen molar-refractivity contribution in [3.63, 3.8) is 0 Å². The Labute approximate surface area is 89.2 Å². The van der Waals surface area contributed by atoms with Gasteiger partial charge in [0.15, 0.2) is 0 Å². The van der Waals surface area contributed by atoms with Crippen LogP contribution < -0.4 is 5.32 Å². The Hall–Kier alpha value is -0.450. The third kappa shape index (κ3) is 3.36. The summed E-state index contributed by atoms with van der Waals surface area (Å²) in [5, 5.41) is 13.6. The van der Waals surface area contributed by atoms with E-state index in [1.807, 2.05) is 13.8 Å². The Balaban J connectivity index is 2.31. The summed E-state index contributed by atoms with van der Waals surface area (Å²) < 4.78 is 0. The van der Waals surface area contributed by atoms with Crippen molar-refractivity contribution in [1.82, 2.24) is 10.3 Å². The minimum Gasteiger partial charge on any atom is -0.392 e. The molecule has 0 spiro atoms. The van der Waals surface area contributed by atoms with E-state index in [9.17, 15) is 5.11 Å². The van der Waals surface area contributed by atoms with Gasteiger partial charge in [0, 0.05) is 18.0 Å². The first-order valence-corrected chi connectivity index (χ1v) is 5.76. The summed E-state index contributed by atoms with van der Waals surface area (Å²) in [6.07, 6.45) is 0.556. The monoisotopic (exact) mass is 214 g/mol. The maximum Gasteiger partial charge on any atom is 0.107 e. The summed E-state index contributed by atoms with van der Waals surface area (Å²) in [6, 6.07) is 0. The second-order valence-corrected chi connectivity index (χ2v) is 4.73. The minimum absolute atomic E-state index is 0.239. The first-order chi connectivity index (χ1) is 6.63. The molecule has 0 radical (unpaired) electrons. The van der Waals surface area contributed by atoms with E-state index in [0.717, 1.165) is 23.7 Å². The van der Waals surface area contributed by atoms with Crippen LogP contribution in [0, 0.1) is 13.8 Å². The molecule has 2 N–H and O–H groups in total. The third-order valence-electron chi connectivity index (χ3n) is 2.20. The molecule has 0 saturated heterocycles. The fraction of sp³-hybridized carbons (Fsp3) is 0.700. The van der Waals surface area contributed by atoms with Crippen LogP contribution in [-0.2, 0) is 6.54 Å². The van der Waals surface area contributed by atoms with Gasteiger partial charge in [-0.1, -0.05) is 6.92 Å². The number of aryl methyl sites for hydroxylation is 2. The molecule has 1 atom stereocenters. The highest BCUT2D eigenvalue weighted by molar-refractivity contribution is 7.11. The summed E-state index contributed by atoms with van der Waals surface area (Å²) in [5.74, 6) is 0. The van der Waals surface area contributed by atoms with E-state index in [-0.39, 0.29) is 6.10 Å². The van der Waals surface area contributed by atoms with Crippen molar-refractivity contribution >= 4 is 11.3 Å². The topological polar surface area (TPSA) is 45.1 Å². The smallest absolute Gasteiger partial charge is 0.107 e. The number of hydrogen-bond donors (Lipinski definition) is 2.